The Morgan fingerprint density at radius 3 is 2.38 bits per heavy atom. The normalized spacial score (nSPS) is 63.7. The lowest BCUT2D eigenvalue weighted by atomic mass is 9.44. The standard InChI is InChI=1S/C27H44O5/c1-15-23-22(31-27(15)10-9-24(2,14-28)32-27)12-19-17-6-5-16-11-20(29)21(30)13-26(16,4)18(17)7-8-25(19,23)3/h15-23,28-30H,5-14H2,1-4H3/t15-,16-,17+,18+,19+,20+,21+,22-,23-,24-,25-,26-,27-/m0/s1. The Morgan fingerprint density at radius 2 is 1.66 bits per heavy atom. The Labute approximate surface area is 193 Å². The molecule has 13 atom stereocenters. The summed E-state index contributed by atoms with van der Waals surface area (Å²) in [6, 6.07) is 0. The molecule has 5 heteroatoms. The lowest BCUT2D eigenvalue weighted by Crippen LogP contribution is -2.57. The molecule has 0 bridgehead atoms. The number of hydrogen-bond acceptors (Lipinski definition) is 5. The van der Waals surface area contributed by atoms with Gasteiger partial charge in [-0.3, -0.25) is 0 Å². The number of fused-ring (bicyclic) bond motifs is 7. The Balaban J connectivity index is 1.26. The summed E-state index contributed by atoms with van der Waals surface area (Å²) < 4.78 is 13.3. The maximum absolute atomic E-state index is 10.6. The smallest absolute Gasteiger partial charge is 0.172 e. The highest BCUT2D eigenvalue weighted by atomic mass is 16.7. The van der Waals surface area contributed by atoms with Gasteiger partial charge in [0.2, 0.25) is 0 Å². The zero-order chi connectivity index (χ0) is 22.7. The Morgan fingerprint density at radius 1 is 0.875 bits per heavy atom. The summed E-state index contributed by atoms with van der Waals surface area (Å²) in [5.41, 5.74) is -0.0255. The van der Waals surface area contributed by atoms with E-state index in [1.54, 1.807) is 0 Å². The van der Waals surface area contributed by atoms with E-state index in [2.05, 4.69) is 20.8 Å². The second-order valence-corrected chi connectivity index (χ2v) is 13.5. The number of aliphatic hydroxyl groups is 3. The second-order valence-electron chi connectivity index (χ2n) is 13.5. The summed E-state index contributed by atoms with van der Waals surface area (Å²) in [5, 5.41) is 30.7. The van der Waals surface area contributed by atoms with Crippen LogP contribution in [0, 0.1) is 46.3 Å². The molecule has 32 heavy (non-hydrogen) atoms. The van der Waals surface area contributed by atoms with Gasteiger partial charge >= 0.3 is 0 Å². The van der Waals surface area contributed by atoms with E-state index < -0.39 is 23.6 Å². The van der Waals surface area contributed by atoms with Gasteiger partial charge in [0, 0.05) is 12.3 Å². The predicted molar refractivity (Wildman–Crippen MR) is 121 cm³/mol. The van der Waals surface area contributed by atoms with Crippen LogP contribution >= 0.6 is 0 Å². The Kier molecular flexibility index (Phi) is 4.83. The molecular formula is C27H44O5. The van der Waals surface area contributed by atoms with Gasteiger partial charge in [0.1, 0.15) is 0 Å². The highest BCUT2D eigenvalue weighted by molar-refractivity contribution is 5.16. The molecule has 1 spiro atoms. The molecule has 182 valence electrons. The minimum absolute atomic E-state index is 0.0596. The van der Waals surface area contributed by atoms with Crippen LogP contribution in [-0.2, 0) is 9.47 Å². The van der Waals surface area contributed by atoms with Crippen LogP contribution in [0.3, 0.4) is 0 Å². The van der Waals surface area contributed by atoms with Gasteiger partial charge in [-0.15, -0.1) is 0 Å². The molecule has 5 nitrogen and oxygen atoms in total. The van der Waals surface area contributed by atoms with Crippen LogP contribution in [0.25, 0.3) is 0 Å². The number of hydrogen-bond donors (Lipinski definition) is 3. The third-order valence-corrected chi connectivity index (χ3v) is 12.1. The van der Waals surface area contributed by atoms with Gasteiger partial charge in [-0.25, -0.2) is 0 Å². The molecule has 6 rings (SSSR count). The fraction of sp³-hybridized carbons (Fsp3) is 1.00. The summed E-state index contributed by atoms with van der Waals surface area (Å²) >= 11 is 0. The SMILES string of the molecule is C[C@H]1[C@H]2[C@H](C[C@@H]3[C@@H]4CC[C@H]5C[C@@H](O)[C@H](O)C[C@]5(C)[C@@H]4CC[C@]23C)O[C@]12CC[C@@](C)(CO)O2. The fourth-order valence-electron chi connectivity index (χ4n) is 10.4. The van der Waals surface area contributed by atoms with E-state index in [1.165, 1.54) is 25.7 Å². The van der Waals surface area contributed by atoms with E-state index in [1.807, 2.05) is 6.92 Å². The van der Waals surface area contributed by atoms with Gasteiger partial charge < -0.3 is 24.8 Å². The van der Waals surface area contributed by atoms with E-state index in [4.69, 9.17) is 9.47 Å². The van der Waals surface area contributed by atoms with Crippen molar-refractivity contribution in [2.45, 2.75) is 115 Å². The van der Waals surface area contributed by atoms with Crippen molar-refractivity contribution in [1.82, 2.24) is 0 Å². The molecule has 2 heterocycles. The molecular weight excluding hydrogens is 404 g/mol. The topological polar surface area (TPSA) is 79.2 Å². The molecule has 4 saturated carbocycles. The molecule has 0 unspecified atom stereocenters. The van der Waals surface area contributed by atoms with Crippen LogP contribution in [0.15, 0.2) is 0 Å². The monoisotopic (exact) mass is 448 g/mol. The molecule has 0 aromatic carbocycles. The van der Waals surface area contributed by atoms with Crippen molar-refractivity contribution in [3.63, 3.8) is 0 Å². The first-order valence-electron chi connectivity index (χ1n) is 13.4. The van der Waals surface area contributed by atoms with E-state index in [-0.39, 0.29) is 23.5 Å². The van der Waals surface area contributed by atoms with Gasteiger partial charge in [-0.2, -0.15) is 0 Å². The van der Waals surface area contributed by atoms with Crippen molar-refractivity contribution in [2.75, 3.05) is 6.61 Å². The first kappa shape index (κ1) is 22.3. The highest BCUT2D eigenvalue weighted by Gasteiger charge is 2.70. The van der Waals surface area contributed by atoms with Crippen molar-refractivity contribution >= 4 is 0 Å². The zero-order valence-electron chi connectivity index (χ0n) is 20.4. The summed E-state index contributed by atoms with van der Waals surface area (Å²) in [5.74, 6) is 2.97. The van der Waals surface area contributed by atoms with Gasteiger partial charge in [0.15, 0.2) is 5.79 Å². The van der Waals surface area contributed by atoms with Crippen molar-refractivity contribution < 1.29 is 24.8 Å². The molecule has 0 aromatic heterocycles. The van der Waals surface area contributed by atoms with Crippen molar-refractivity contribution in [3.8, 4) is 0 Å². The van der Waals surface area contributed by atoms with Gasteiger partial charge in [-0.05, 0) is 98.7 Å². The van der Waals surface area contributed by atoms with Crippen LogP contribution in [0.2, 0.25) is 0 Å². The molecule has 2 saturated heterocycles. The molecule has 0 radical (unpaired) electrons. The minimum Gasteiger partial charge on any atom is -0.393 e. The first-order valence-corrected chi connectivity index (χ1v) is 13.4. The fourth-order valence-corrected chi connectivity index (χ4v) is 10.4. The van der Waals surface area contributed by atoms with E-state index in [9.17, 15) is 15.3 Å². The third-order valence-electron chi connectivity index (χ3n) is 12.1. The molecule has 6 aliphatic rings. The van der Waals surface area contributed by atoms with Crippen LogP contribution in [0.4, 0.5) is 0 Å². The van der Waals surface area contributed by atoms with Crippen LogP contribution < -0.4 is 0 Å². The highest BCUT2D eigenvalue weighted by Crippen LogP contribution is 2.71. The molecule has 2 aliphatic heterocycles. The number of ether oxygens (including phenoxy) is 2. The van der Waals surface area contributed by atoms with E-state index in [0.717, 1.165) is 32.1 Å². The van der Waals surface area contributed by atoms with Gasteiger partial charge in [-0.1, -0.05) is 20.8 Å². The maximum atomic E-state index is 10.6. The average Bonchev–Trinajstić information content (AvgIpc) is 3.33. The molecule has 4 aliphatic carbocycles. The summed E-state index contributed by atoms with van der Waals surface area (Å²) in [7, 11) is 0. The summed E-state index contributed by atoms with van der Waals surface area (Å²) in [6.07, 6.45) is 8.56. The van der Waals surface area contributed by atoms with Gasteiger partial charge in [0.25, 0.3) is 0 Å². The summed E-state index contributed by atoms with van der Waals surface area (Å²) in [6.45, 7) is 9.41. The molecule has 6 fully saturated rings. The van der Waals surface area contributed by atoms with E-state index >= 15 is 0 Å². The first-order chi connectivity index (χ1) is 15.1. The number of aliphatic hydroxyl groups excluding tert-OH is 3. The van der Waals surface area contributed by atoms with E-state index in [0.29, 0.717) is 35.5 Å². The quantitative estimate of drug-likeness (QED) is 0.567. The maximum Gasteiger partial charge on any atom is 0.172 e. The van der Waals surface area contributed by atoms with Crippen LogP contribution in [0.5, 0.6) is 0 Å². The lowest BCUT2D eigenvalue weighted by molar-refractivity contribution is -0.262. The predicted octanol–water partition coefficient (Wildman–Crippen LogP) is 3.88. The second kappa shape index (κ2) is 6.94. The van der Waals surface area contributed by atoms with Crippen molar-refractivity contribution in [2.24, 2.45) is 46.3 Å². The van der Waals surface area contributed by atoms with Crippen LogP contribution in [0.1, 0.15) is 85.5 Å². The van der Waals surface area contributed by atoms with Crippen molar-refractivity contribution in [3.05, 3.63) is 0 Å². The lowest BCUT2D eigenvalue weighted by Gasteiger charge is -2.61. The van der Waals surface area contributed by atoms with Crippen LogP contribution in [-0.4, -0.2) is 51.6 Å². The molecule has 0 amide bonds. The zero-order valence-corrected chi connectivity index (χ0v) is 20.4. The Hall–Kier alpha value is -0.200. The van der Waals surface area contributed by atoms with Crippen molar-refractivity contribution in [1.29, 1.82) is 0 Å². The third kappa shape index (κ3) is 2.75. The number of rotatable bonds is 1. The van der Waals surface area contributed by atoms with Gasteiger partial charge in [0.05, 0.1) is 30.5 Å². The minimum atomic E-state index is -0.560. The molecule has 0 aromatic rings. The largest absolute Gasteiger partial charge is 0.393 e. The summed E-state index contributed by atoms with van der Waals surface area (Å²) in [4.78, 5) is 0. The molecule has 3 N–H and O–H groups in total. The average molecular weight is 449 g/mol. The Bertz CT molecular complexity index is 773.